The molecule has 0 fully saturated rings. The first-order valence-electron chi connectivity index (χ1n) is 6.83. The topological polar surface area (TPSA) is 26.7 Å². The number of halogens is 1. The molecule has 0 aliphatic heterocycles. The third-order valence-corrected chi connectivity index (χ3v) is 3.21. The van der Waals surface area contributed by atoms with Crippen molar-refractivity contribution in [2.75, 3.05) is 38.6 Å². The van der Waals surface area contributed by atoms with E-state index < -0.39 is 6.10 Å². The van der Waals surface area contributed by atoms with E-state index in [1.807, 2.05) is 25.9 Å². The van der Waals surface area contributed by atoms with E-state index in [1.165, 1.54) is 6.07 Å². The molecule has 3 nitrogen and oxygen atoms in total. The molecule has 108 valence electrons. The minimum atomic E-state index is -0.632. The largest absolute Gasteiger partial charge is 0.389 e. The van der Waals surface area contributed by atoms with Gasteiger partial charge < -0.3 is 14.9 Å². The summed E-state index contributed by atoms with van der Waals surface area (Å²) in [5, 5.41) is 9.45. The Bertz CT molecular complexity index is 394. The summed E-state index contributed by atoms with van der Waals surface area (Å²) in [6.07, 6.45) is 0.366. The van der Waals surface area contributed by atoms with Gasteiger partial charge in [0.25, 0.3) is 0 Å². The van der Waals surface area contributed by atoms with Crippen molar-refractivity contribution < 1.29 is 9.50 Å². The van der Waals surface area contributed by atoms with Crippen molar-refractivity contribution in [3.8, 4) is 0 Å². The van der Waals surface area contributed by atoms with E-state index in [2.05, 4.69) is 4.90 Å². The van der Waals surface area contributed by atoms with Crippen molar-refractivity contribution in [3.05, 3.63) is 29.6 Å². The highest BCUT2D eigenvalue weighted by atomic mass is 19.1. The molecule has 4 heteroatoms. The molecule has 0 aliphatic rings. The van der Waals surface area contributed by atoms with Gasteiger partial charge in [0.1, 0.15) is 5.82 Å². The highest BCUT2D eigenvalue weighted by Gasteiger charge is 2.12. The average Bonchev–Trinajstić information content (AvgIpc) is 2.34. The Morgan fingerprint density at radius 2 is 1.95 bits per heavy atom. The highest BCUT2D eigenvalue weighted by molar-refractivity contribution is 5.49. The van der Waals surface area contributed by atoms with Crippen LogP contribution in [0.5, 0.6) is 0 Å². The van der Waals surface area contributed by atoms with Crippen molar-refractivity contribution in [1.29, 1.82) is 0 Å². The summed E-state index contributed by atoms with van der Waals surface area (Å²) in [6.45, 7) is 6.27. The molecule has 19 heavy (non-hydrogen) atoms. The molecule has 0 unspecified atom stereocenters. The minimum absolute atomic E-state index is 0.259. The zero-order valence-corrected chi connectivity index (χ0v) is 12.4. The van der Waals surface area contributed by atoms with Crippen LogP contribution >= 0.6 is 0 Å². The van der Waals surface area contributed by atoms with Gasteiger partial charge in [0.15, 0.2) is 0 Å². The van der Waals surface area contributed by atoms with Gasteiger partial charge in [-0.3, -0.25) is 0 Å². The maximum absolute atomic E-state index is 14.1. The fraction of sp³-hybridized carbons (Fsp3) is 0.600. The van der Waals surface area contributed by atoms with Crippen LogP contribution in [0.3, 0.4) is 0 Å². The second-order valence-corrected chi connectivity index (χ2v) is 5.12. The number of aliphatic hydroxyl groups excluding tert-OH is 1. The summed E-state index contributed by atoms with van der Waals surface area (Å²) in [4.78, 5) is 4.16. The molecular weight excluding hydrogens is 243 g/mol. The summed E-state index contributed by atoms with van der Waals surface area (Å²) < 4.78 is 14.1. The third-order valence-electron chi connectivity index (χ3n) is 3.21. The first-order valence-corrected chi connectivity index (χ1v) is 6.83. The predicted octanol–water partition coefficient (Wildman–Crippen LogP) is 2.66. The van der Waals surface area contributed by atoms with Gasteiger partial charge >= 0.3 is 0 Å². The van der Waals surface area contributed by atoms with Gasteiger partial charge in [-0.25, -0.2) is 4.39 Å². The molecule has 0 radical (unpaired) electrons. The van der Waals surface area contributed by atoms with E-state index in [4.69, 9.17) is 0 Å². The fourth-order valence-electron chi connectivity index (χ4n) is 2.07. The molecule has 0 aliphatic carbocycles. The smallest absolute Gasteiger partial charge is 0.146 e. The molecule has 0 heterocycles. The van der Waals surface area contributed by atoms with Gasteiger partial charge in [-0.15, -0.1) is 0 Å². The quantitative estimate of drug-likeness (QED) is 0.823. The predicted molar refractivity (Wildman–Crippen MR) is 78.1 cm³/mol. The number of hydrogen-bond donors (Lipinski definition) is 1. The lowest BCUT2D eigenvalue weighted by Gasteiger charge is -2.25. The van der Waals surface area contributed by atoms with Gasteiger partial charge in [0, 0.05) is 13.1 Å². The maximum atomic E-state index is 14.1. The Labute approximate surface area is 115 Å². The molecular formula is C15H25FN2O. The molecule has 0 spiro atoms. The first-order chi connectivity index (χ1) is 8.95. The zero-order chi connectivity index (χ0) is 14.4. The number of benzene rings is 1. The monoisotopic (exact) mass is 268 g/mol. The van der Waals surface area contributed by atoms with E-state index in [9.17, 15) is 9.50 Å². The second kappa shape index (κ2) is 7.46. The number of aliphatic hydroxyl groups is 1. The van der Waals surface area contributed by atoms with Crippen molar-refractivity contribution in [2.45, 2.75) is 26.4 Å². The number of anilines is 1. The van der Waals surface area contributed by atoms with Crippen LogP contribution in [-0.2, 0) is 0 Å². The van der Waals surface area contributed by atoms with Gasteiger partial charge in [-0.05, 0) is 58.6 Å². The summed E-state index contributed by atoms with van der Waals surface area (Å²) in [5.74, 6) is -0.259. The van der Waals surface area contributed by atoms with E-state index in [0.29, 0.717) is 11.3 Å². The van der Waals surface area contributed by atoms with Crippen LogP contribution in [0.1, 0.15) is 31.9 Å². The van der Waals surface area contributed by atoms with Crippen LogP contribution in [-0.4, -0.2) is 43.7 Å². The molecule has 1 N–H and O–H groups in total. The zero-order valence-electron chi connectivity index (χ0n) is 12.4. The fourth-order valence-corrected chi connectivity index (χ4v) is 2.07. The number of hydrogen-bond acceptors (Lipinski definition) is 3. The number of nitrogens with zero attached hydrogens (tertiary/aromatic N) is 2. The van der Waals surface area contributed by atoms with Crippen LogP contribution in [0, 0.1) is 5.82 Å². The molecule has 0 bridgehead atoms. The lowest BCUT2D eigenvalue weighted by atomic mass is 10.1. The van der Waals surface area contributed by atoms with Gasteiger partial charge in [0.05, 0.1) is 11.8 Å². The van der Waals surface area contributed by atoms with E-state index in [-0.39, 0.29) is 5.82 Å². The Balaban J connectivity index is 2.75. The molecule has 1 aromatic carbocycles. The second-order valence-electron chi connectivity index (χ2n) is 5.12. The molecule has 0 amide bonds. The van der Waals surface area contributed by atoms with Gasteiger partial charge in [-0.2, -0.15) is 0 Å². The van der Waals surface area contributed by atoms with E-state index >= 15 is 0 Å². The highest BCUT2D eigenvalue weighted by Crippen LogP contribution is 2.23. The molecule has 1 atom stereocenters. The normalized spacial score (nSPS) is 12.8. The summed E-state index contributed by atoms with van der Waals surface area (Å²) in [7, 11) is 4.07. The van der Waals surface area contributed by atoms with Crippen LogP contribution in [0.15, 0.2) is 18.2 Å². The van der Waals surface area contributed by atoms with E-state index in [1.54, 1.807) is 19.1 Å². The Hall–Kier alpha value is -1.13. The molecule has 0 saturated heterocycles. The van der Waals surface area contributed by atoms with Crippen LogP contribution in [0.4, 0.5) is 10.1 Å². The van der Waals surface area contributed by atoms with Crippen LogP contribution in [0.2, 0.25) is 0 Å². The maximum Gasteiger partial charge on any atom is 0.146 e. The molecule has 1 aromatic rings. The standard InChI is InChI=1S/C15H25FN2O/c1-5-18(10-6-9-17(3)4)15-8-7-13(12(2)19)11-14(15)16/h7-8,11-12,19H,5-6,9-10H2,1-4H3/t12-/m0/s1. The van der Waals surface area contributed by atoms with Crippen molar-refractivity contribution >= 4 is 5.69 Å². The lowest BCUT2D eigenvalue weighted by molar-refractivity contribution is 0.199. The van der Waals surface area contributed by atoms with Crippen LogP contribution in [0.25, 0.3) is 0 Å². The number of rotatable bonds is 7. The van der Waals surface area contributed by atoms with Crippen molar-refractivity contribution in [2.24, 2.45) is 0 Å². The lowest BCUT2D eigenvalue weighted by Crippen LogP contribution is -2.27. The Kier molecular flexibility index (Phi) is 6.25. The average molecular weight is 268 g/mol. The Morgan fingerprint density at radius 1 is 1.26 bits per heavy atom. The Morgan fingerprint density at radius 3 is 2.42 bits per heavy atom. The van der Waals surface area contributed by atoms with Crippen molar-refractivity contribution in [1.82, 2.24) is 4.90 Å². The third kappa shape index (κ3) is 4.80. The first kappa shape index (κ1) is 15.9. The molecule has 0 saturated carbocycles. The molecule has 1 rings (SSSR count). The van der Waals surface area contributed by atoms with Gasteiger partial charge in [0.2, 0.25) is 0 Å². The SMILES string of the molecule is CCN(CCCN(C)C)c1ccc([C@H](C)O)cc1F. The van der Waals surface area contributed by atoms with Gasteiger partial charge in [-0.1, -0.05) is 6.07 Å². The summed E-state index contributed by atoms with van der Waals surface area (Å²) in [5.41, 5.74) is 1.23. The van der Waals surface area contributed by atoms with Crippen molar-refractivity contribution in [3.63, 3.8) is 0 Å². The molecule has 0 aromatic heterocycles. The van der Waals surface area contributed by atoms with E-state index in [0.717, 1.165) is 26.1 Å². The minimum Gasteiger partial charge on any atom is -0.389 e. The summed E-state index contributed by atoms with van der Waals surface area (Å²) >= 11 is 0. The summed E-state index contributed by atoms with van der Waals surface area (Å²) in [6, 6.07) is 4.98. The van der Waals surface area contributed by atoms with Crippen LogP contribution < -0.4 is 4.90 Å².